The Hall–Kier alpha value is -1.94. The Kier molecular flexibility index (Phi) is 68.4. The average molecular weight is 1420 g/mol. The number of carbonyl (C=O) groups is 4. The zero-order valence-electron chi connectivity index (χ0n) is 63.4. The maximum absolute atomic E-state index is 13.1. The van der Waals surface area contributed by atoms with Crippen LogP contribution in [0.15, 0.2) is 0 Å². The van der Waals surface area contributed by atoms with Crippen LogP contribution in [0.4, 0.5) is 0 Å². The monoisotopic (exact) mass is 1420 g/mol. The van der Waals surface area contributed by atoms with Crippen molar-refractivity contribution in [2.45, 2.75) is 426 Å². The number of aliphatic hydroxyl groups is 1. The summed E-state index contributed by atoms with van der Waals surface area (Å²) < 4.78 is 68.5. The Labute approximate surface area is 594 Å². The third kappa shape index (κ3) is 72.2. The molecular formula is C78H152O17P2. The van der Waals surface area contributed by atoms with Gasteiger partial charge in [-0.15, -0.1) is 0 Å². The van der Waals surface area contributed by atoms with Gasteiger partial charge < -0.3 is 33.8 Å². The van der Waals surface area contributed by atoms with E-state index in [4.69, 9.17) is 37.0 Å². The predicted molar refractivity (Wildman–Crippen MR) is 395 cm³/mol. The molecule has 0 aromatic carbocycles. The number of phosphoric acid groups is 2. The quantitative estimate of drug-likeness (QED) is 0.0222. The third-order valence-corrected chi connectivity index (χ3v) is 20.1. The fourth-order valence-electron chi connectivity index (χ4n) is 12.0. The van der Waals surface area contributed by atoms with Crippen LogP contribution in [0.3, 0.4) is 0 Å². The lowest BCUT2D eigenvalue weighted by Gasteiger charge is -2.21. The Balaban J connectivity index is 5.17. The van der Waals surface area contributed by atoms with E-state index in [1.165, 1.54) is 218 Å². The predicted octanol–water partition coefficient (Wildman–Crippen LogP) is 23.1. The lowest BCUT2D eigenvalue weighted by Crippen LogP contribution is -2.30. The second kappa shape index (κ2) is 69.8. The zero-order valence-corrected chi connectivity index (χ0v) is 65.2. The topological polar surface area (TPSA) is 237 Å². The summed E-state index contributed by atoms with van der Waals surface area (Å²) in [5.41, 5.74) is 0. The van der Waals surface area contributed by atoms with Crippen LogP contribution in [0.25, 0.3) is 0 Å². The molecule has 0 aliphatic carbocycles. The molecule has 5 atom stereocenters. The van der Waals surface area contributed by atoms with Gasteiger partial charge in [0.2, 0.25) is 0 Å². The molecule has 0 aromatic heterocycles. The second-order valence-electron chi connectivity index (χ2n) is 29.1. The highest BCUT2D eigenvalue weighted by Crippen LogP contribution is 2.45. The highest BCUT2D eigenvalue weighted by molar-refractivity contribution is 7.47. The first kappa shape index (κ1) is 95.1. The molecular weight excluding hydrogens is 1270 g/mol. The molecule has 17 nitrogen and oxygen atoms in total. The molecule has 0 spiro atoms. The van der Waals surface area contributed by atoms with Gasteiger partial charge in [-0.25, -0.2) is 9.13 Å². The summed E-state index contributed by atoms with van der Waals surface area (Å²) in [6.45, 7) is 9.54. The Bertz CT molecular complexity index is 1870. The fraction of sp³-hybridized carbons (Fsp3) is 0.949. The molecule has 0 aromatic rings. The SMILES string of the molecule is CCCCCCCCCCCCCCCCCCCCCCCC(=O)O[C@H](COC(=O)CCCCCCCCCCCCCCCCCC(C)C)COP(=O)(O)OC[C@@H](O)COP(=O)(O)OC[C@@H](COC(=O)CCCCCCCCCC)OC(=O)CCCCCCCCCC(C)C. The normalized spacial score (nSPS) is 14.0. The van der Waals surface area contributed by atoms with Gasteiger partial charge in [0, 0.05) is 25.7 Å². The van der Waals surface area contributed by atoms with Gasteiger partial charge in [-0.3, -0.25) is 37.3 Å². The third-order valence-electron chi connectivity index (χ3n) is 18.2. The van der Waals surface area contributed by atoms with E-state index >= 15 is 0 Å². The molecule has 0 saturated carbocycles. The second-order valence-corrected chi connectivity index (χ2v) is 32.0. The van der Waals surface area contributed by atoms with Crippen molar-refractivity contribution in [2.75, 3.05) is 39.6 Å². The van der Waals surface area contributed by atoms with Crippen LogP contribution in [0.1, 0.15) is 408 Å². The van der Waals surface area contributed by atoms with E-state index in [-0.39, 0.29) is 25.7 Å². The standard InChI is InChI=1S/C78H152O17P2/c1-7-9-11-13-15-17-18-19-20-21-22-23-24-25-28-32-35-38-44-50-56-62-77(82)94-73(67-89-76(81)61-55-49-43-37-34-31-29-26-27-30-33-36-40-46-52-58-70(3)4)68-92-96(84,85)90-64-72(79)65-91-97(86,87)93-69-74(66-88-75(80)60-54-48-42-16-14-12-10-8-2)95-78(83)63-57-51-45-39-41-47-53-59-71(5)6/h70-74,79H,7-69H2,1-6H3,(H,84,85)(H,86,87)/t72-,73-,74-/m1/s1. The summed E-state index contributed by atoms with van der Waals surface area (Å²) in [4.78, 5) is 72.7. The van der Waals surface area contributed by atoms with Crippen LogP contribution in [-0.2, 0) is 65.4 Å². The van der Waals surface area contributed by atoms with Crippen molar-refractivity contribution >= 4 is 39.5 Å². The summed E-state index contributed by atoms with van der Waals surface area (Å²) in [6.07, 6.45) is 58.6. The van der Waals surface area contributed by atoms with Gasteiger partial charge in [0.25, 0.3) is 0 Å². The van der Waals surface area contributed by atoms with E-state index < -0.39 is 97.5 Å². The van der Waals surface area contributed by atoms with Gasteiger partial charge >= 0.3 is 39.5 Å². The van der Waals surface area contributed by atoms with Gasteiger partial charge in [0.1, 0.15) is 19.3 Å². The minimum absolute atomic E-state index is 0.104. The fourth-order valence-corrected chi connectivity index (χ4v) is 13.6. The van der Waals surface area contributed by atoms with Gasteiger partial charge in [-0.1, -0.05) is 356 Å². The highest BCUT2D eigenvalue weighted by Gasteiger charge is 2.30. The molecule has 3 N–H and O–H groups in total. The number of unbranched alkanes of at least 4 members (excludes halogenated alkanes) is 47. The smallest absolute Gasteiger partial charge is 0.462 e. The van der Waals surface area contributed by atoms with E-state index in [0.29, 0.717) is 31.6 Å². The summed E-state index contributed by atoms with van der Waals surface area (Å²) in [6, 6.07) is 0. The summed E-state index contributed by atoms with van der Waals surface area (Å²) in [7, 11) is -9.91. The molecule has 0 rings (SSSR count). The van der Waals surface area contributed by atoms with Gasteiger partial charge in [0.15, 0.2) is 12.2 Å². The largest absolute Gasteiger partial charge is 0.472 e. The number of carbonyl (C=O) groups excluding carboxylic acids is 4. The van der Waals surface area contributed by atoms with Gasteiger partial charge in [-0.05, 0) is 37.5 Å². The van der Waals surface area contributed by atoms with Crippen molar-refractivity contribution in [1.29, 1.82) is 0 Å². The van der Waals surface area contributed by atoms with Crippen LogP contribution in [0, 0.1) is 11.8 Å². The van der Waals surface area contributed by atoms with Crippen molar-refractivity contribution in [2.24, 2.45) is 11.8 Å². The average Bonchev–Trinajstić information content (AvgIpc) is 1.11. The minimum Gasteiger partial charge on any atom is -0.462 e. The van der Waals surface area contributed by atoms with Gasteiger partial charge in [-0.2, -0.15) is 0 Å². The van der Waals surface area contributed by atoms with Crippen LogP contribution in [-0.4, -0.2) is 96.7 Å². The lowest BCUT2D eigenvalue weighted by atomic mass is 10.0. The molecule has 0 fully saturated rings. The number of phosphoric ester groups is 2. The summed E-state index contributed by atoms with van der Waals surface area (Å²) in [5.74, 6) is -0.617. The van der Waals surface area contributed by atoms with Crippen molar-refractivity contribution < 1.29 is 80.2 Å². The summed E-state index contributed by atoms with van der Waals surface area (Å²) >= 11 is 0. The molecule has 0 radical (unpaired) electrons. The van der Waals surface area contributed by atoms with E-state index in [2.05, 4.69) is 41.5 Å². The number of rotatable bonds is 77. The van der Waals surface area contributed by atoms with E-state index in [9.17, 15) is 43.2 Å². The Morgan fingerprint density at radius 1 is 0.278 bits per heavy atom. The van der Waals surface area contributed by atoms with E-state index in [0.717, 1.165) is 102 Å². The first-order valence-electron chi connectivity index (χ1n) is 40.5. The van der Waals surface area contributed by atoms with Crippen molar-refractivity contribution in [3.8, 4) is 0 Å². The molecule has 0 bridgehead atoms. The molecule has 97 heavy (non-hydrogen) atoms. The van der Waals surface area contributed by atoms with E-state index in [1.54, 1.807) is 0 Å². The molecule has 0 amide bonds. The molecule has 19 heteroatoms. The molecule has 576 valence electrons. The molecule has 0 heterocycles. The number of esters is 4. The minimum atomic E-state index is -4.96. The Morgan fingerprint density at radius 2 is 0.474 bits per heavy atom. The van der Waals surface area contributed by atoms with Crippen molar-refractivity contribution in [3.63, 3.8) is 0 Å². The van der Waals surface area contributed by atoms with Crippen LogP contribution < -0.4 is 0 Å². The van der Waals surface area contributed by atoms with Crippen molar-refractivity contribution in [3.05, 3.63) is 0 Å². The van der Waals surface area contributed by atoms with E-state index in [1.807, 2.05) is 0 Å². The summed E-state index contributed by atoms with van der Waals surface area (Å²) in [5, 5.41) is 10.6. The zero-order chi connectivity index (χ0) is 71.4. The number of aliphatic hydroxyl groups excluding tert-OH is 1. The molecule has 0 aliphatic rings. The van der Waals surface area contributed by atoms with Crippen LogP contribution in [0.5, 0.6) is 0 Å². The highest BCUT2D eigenvalue weighted by atomic mass is 31.2. The van der Waals surface area contributed by atoms with Crippen LogP contribution in [0.2, 0.25) is 0 Å². The van der Waals surface area contributed by atoms with Crippen molar-refractivity contribution in [1.82, 2.24) is 0 Å². The maximum atomic E-state index is 13.1. The first-order valence-corrected chi connectivity index (χ1v) is 43.5. The Morgan fingerprint density at radius 3 is 0.701 bits per heavy atom. The molecule has 0 saturated heterocycles. The number of hydrogen-bond donors (Lipinski definition) is 3. The van der Waals surface area contributed by atoms with Crippen LogP contribution >= 0.6 is 15.6 Å². The number of hydrogen-bond acceptors (Lipinski definition) is 15. The molecule has 0 aliphatic heterocycles. The number of ether oxygens (including phenoxy) is 4. The van der Waals surface area contributed by atoms with Gasteiger partial charge in [0.05, 0.1) is 26.4 Å². The maximum Gasteiger partial charge on any atom is 0.472 e. The first-order chi connectivity index (χ1) is 46.9. The molecule has 2 unspecified atom stereocenters. The lowest BCUT2D eigenvalue weighted by molar-refractivity contribution is -0.161.